The molecule has 5 heterocycles. The van der Waals surface area contributed by atoms with E-state index in [2.05, 4.69) is 14.8 Å². The van der Waals surface area contributed by atoms with E-state index in [0.29, 0.717) is 44.2 Å². The van der Waals surface area contributed by atoms with E-state index >= 15 is 4.39 Å². The van der Waals surface area contributed by atoms with Crippen LogP contribution in [-0.2, 0) is 6.18 Å². The molecular formula is C32H31F5N8S. The number of nitrogen functional groups attached to an aromatic ring is 1. The average molecular weight is 655 g/mol. The number of likely N-dealkylation sites (N-methyl/N-ethyl adjacent to an activating group) is 1. The second-order valence-electron chi connectivity index (χ2n) is 13.3. The number of aromatic nitrogens is 2. The first-order valence-electron chi connectivity index (χ1n) is 15.3. The summed E-state index contributed by atoms with van der Waals surface area (Å²) in [6, 6.07) is 5.24. The first-order chi connectivity index (χ1) is 21.9. The number of rotatable bonds is 4. The van der Waals surface area contributed by atoms with Gasteiger partial charge in [0, 0.05) is 74.2 Å². The lowest BCUT2D eigenvalue weighted by Crippen LogP contribution is -2.66. The van der Waals surface area contributed by atoms with Gasteiger partial charge in [0.1, 0.15) is 28.2 Å². The maximum atomic E-state index is 17.0. The molecule has 1 spiro atoms. The molecule has 4 aromatic rings. The number of hydrogen-bond donors (Lipinski definition) is 1. The minimum Gasteiger partial charge on any atom is -0.389 e. The first kappa shape index (κ1) is 29.6. The van der Waals surface area contributed by atoms with Crippen LogP contribution < -0.4 is 15.5 Å². The largest absolute Gasteiger partial charge is 0.417 e. The third-order valence-corrected chi connectivity index (χ3v) is 11.4. The summed E-state index contributed by atoms with van der Waals surface area (Å²) in [5, 5.41) is 9.55. The third kappa shape index (κ3) is 4.50. The summed E-state index contributed by atoms with van der Waals surface area (Å²) < 4.78 is 76.4. The van der Waals surface area contributed by atoms with Crippen LogP contribution in [0, 0.1) is 28.4 Å². The summed E-state index contributed by atoms with van der Waals surface area (Å²) in [5.74, 6) is -1.45. The SMILES string of the molecule is CC1CN(c2nc(N3CC(N4CC5(CC5)C4)C3)nc3c(F)c(-c4ccc(F)c5sc(N)c(C#N)c45)c(C(F)(F)F)cc23)CCN1C. The molecule has 3 saturated heterocycles. The fourth-order valence-electron chi connectivity index (χ4n) is 7.23. The van der Waals surface area contributed by atoms with Crippen molar-refractivity contribution < 1.29 is 22.0 Å². The molecule has 0 amide bonds. The van der Waals surface area contributed by atoms with Crippen molar-refractivity contribution >= 4 is 49.1 Å². The van der Waals surface area contributed by atoms with Crippen LogP contribution >= 0.6 is 11.3 Å². The molecule has 2 aromatic carbocycles. The molecule has 8 rings (SSSR count). The van der Waals surface area contributed by atoms with Crippen molar-refractivity contribution in [1.82, 2.24) is 19.8 Å². The molecule has 2 aromatic heterocycles. The molecule has 4 fully saturated rings. The zero-order chi connectivity index (χ0) is 32.3. The van der Waals surface area contributed by atoms with Gasteiger partial charge >= 0.3 is 6.18 Å². The van der Waals surface area contributed by atoms with Gasteiger partial charge in [0.05, 0.1) is 15.8 Å². The van der Waals surface area contributed by atoms with Gasteiger partial charge in [-0.2, -0.15) is 23.4 Å². The fraction of sp³-hybridized carbons (Fsp3) is 0.469. The van der Waals surface area contributed by atoms with Crippen molar-refractivity contribution in [3.05, 3.63) is 41.0 Å². The normalized spacial score (nSPS) is 22.0. The Labute approximate surface area is 265 Å². The Morgan fingerprint density at radius 1 is 1.07 bits per heavy atom. The lowest BCUT2D eigenvalue weighted by Gasteiger charge is -2.52. The van der Waals surface area contributed by atoms with Crippen LogP contribution in [0.5, 0.6) is 0 Å². The molecule has 8 nitrogen and oxygen atoms in total. The number of hydrogen-bond acceptors (Lipinski definition) is 9. The van der Waals surface area contributed by atoms with Crippen molar-refractivity contribution in [3.63, 3.8) is 0 Å². The number of fused-ring (bicyclic) bond motifs is 2. The van der Waals surface area contributed by atoms with Gasteiger partial charge in [0.2, 0.25) is 5.95 Å². The number of alkyl halides is 3. The maximum absolute atomic E-state index is 17.0. The van der Waals surface area contributed by atoms with Crippen LogP contribution in [-0.4, -0.2) is 84.7 Å². The number of nitriles is 1. The Balaban J connectivity index is 1.32. The van der Waals surface area contributed by atoms with Crippen LogP contribution in [0.4, 0.5) is 38.7 Å². The van der Waals surface area contributed by atoms with Gasteiger partial charge in [0.15, 0.2) is 5.82 Å². The van der Waals surface area contributed by atoms with E-state index in [4.69, 9.17) is 10.7 Å². The monoisotopic (exact) mass is 654 g/mol. The molecule has 240 valence electrons. The number of piperazine rings is 1. The molecule has 1 saturated carbocycles. The Morgan fingerprint density at radius 3 is 2.46 bits per heavy atom. The van der Waals surface area contributed by atoms with E-state index in [1.807, 2.05) is 29.8 Å². The van der Waals surface area contributed by atoms with E-state index in [1.54, 1.807) is 0 Å². The van der Waals surface area contributed by atoms with Gasteiger partial charge in [-0.3, -0.25) is 4.90 Å². The number of halogens is 5. The number of benzene rings is 2. The summed E-state index contributed by atoms with van der Waals surface area (Å²) in [7, 11) is 1.98. The summed E-state index contributed by atoms with van der Waals surface area (Å²) in [6.45, 7) is 7.11. The molecule has 4 aliphatic rings. The number of likely N-dealkylation sites (tertiary alicyclic amines) is 1. The van der Waals surface area contributed by atoms with Crippen LogP contribution in [0.15, 0.2) is 18.2 Å². The standard InChI is InChI=1S/C32H31F5N8S/c1-16-11-43(8-7-42(16)2)29-19-9-21(32(35,36)37)24(18-3-4-22(33)27-23(18)20(10-38)28(39)46-27)25(34)26(19)40-30(41-29)44-12-17(13-44)45-14-31(15-45)5-6-31/h3-4,9,16-17H,5-8,11-15,39H2,1-2H3. The highest BCUT2D eigenvalue weighted by atomic mass is 32.1. The third-order valence-electron chi connectivity index (χ3n) is 10.4. The summed E-state index contributed by atoms with van der Waals surface area (Å²) in [5.41, 5.74) is 3.72. The van der Waals surface area contributed by atoms with E-state index in [9.17, 15) is 22.8 Å². The van der Waals surface area contributed by atoms with Crippen molar-refractivity contribution in [2.75, 3.05) is 68.4 Å². The molecule has 2 N–H and O–H groups in total. The lowest BCUT2D eigenvalue weighted by molar-refractivity contribution is -0.137. The summed E-state index contributed by atoms with van der Waals surface area (Å²) in [6.07, 6.45) is -2.45. The Morgan fingerprint density at radius 2 is 1.80 bits per heavy atom. The Hall–Kier alpha value is -3.80. The van der Waals surface area contributed by atoms with E-state index < -0.39 is 28.9 Å². The average Bonchev–Trinajstić information content (AvgIpc) is 3.69. The summed E-state index contributed by atoms with van der Waals surface area (Å²) in [4.78, 5) is 17.8. The predicted molar refractivity (Wildman–Crippen MR) is 168 cm³/mol. The topological polar surface area (TPSA) is 88.5 Å². The van der Waals surface area contributed by atoms with Gasteiger partial charge in [-0.25, -0.2) is 13.8 Å². The summed E-state index contributed by atoms with van der Waals surface area (Å²) >= 11 is 0.743. The molecule has 0 radical (unpaired) electrons. The quantitative estimate of drug-likeness (QED) is 0.281. The van der Waals surface area contributed by atoms with Gasteiger partial charge < -0.3 is 20.4 Å². The second kappa shape index (κ2) is 10.1. The molecule has 14 heteroatoms. The maximum Gasteiger partial charge on any atom is 0.417 e. The van der Waals surface area contributed by atoms with Crippen LogP contribution in [0.25, 0.3) is 32.1 Å². The number of thiophene rings is 1. The second-order valence-corrected chi connectivity index (χ2v) is 14.4. The highest BCUT2D eigenvalue weighted by Crippen LogP contribution is 2.54. The van der Waals surface area contributed by atoms with Crippen molar-refractivity contribution in [2.24, 2.45) is 5.41 Å². The Kier molecular flexibility index (Phi) is 6.50. The smallest absolute Gasteiger partial charge is 0.389 e. The van der Waals surface area contributed by atoms with Crippen LogP contribution in [0.2, 0.25) is 0 Å². The van der Waals surface area contributed by atoms with E-state index in [-0.39, 0.29) is 54.9 Å². The van der Waals surface area contributed by atoms with Crippen molar-refractivity contribution in [3.8, 4) is 17.2 Å². The van der Waals surface area contributed by atoms with Crippen LogP contribution in [0.3, 0.4) is 0 Å². The highest BCUT2D eigenvalue weighted by molar-refractivity contribution is 7.23. The molecule has 1 unspecified atom stereocenters. The molecule has 0 bridgehead atoms. The molecule has 1 atom stereocenters. The van der Waals surface area contributed by atoms with Gasteiger partial charge in [-0.1, -0.05) is 6.07 Å². The predicted octanol–water partition coefficient (Wildman–Crippen LogP) is 5.69. The van der Waals surface area contributed by atoms with Gasteiger partial charge in [0.25, 0.3) is 0 Å². The van der Waals surface area contributed by atoms with Crippen molar-refractivity contribution in [1.29, 1.82) is 5.26 Å². The van der Waals surface area contributed by atoms with Crippen molar-refractivity contribution in [2.45, 2.75) is 38.0 Å². The number of nitrogens with two attached hydrogens (primary N) is 1. The minimum absolute atomic E-state index is 0.0479. The number of anilines is 3. The molecule has 46 heavy (non-hydrogen) atoms. The zero-order valence-corrected chi connectivity index (χ0v) is 26.1. The number of nitrogens with zero attached hydrogens (tertiary/aromatic N) is 7. The van der Waals surface area contributed by atoms with E-state index in [1.165, 1.54) is 12.8 Å². The van der Waals surface area contributed by atoms with Gasteiger partial charge in [-0.15, -0.1) is 11.3 Å². The van der Waals surface area contributed by atoms with Gasteiger partial charge in [-0.05, 0) is 49.9 Å². The zero-order valence-electron chi connectivity index (χ0n) is 25.3. The molecular weight excluding hydrogens is 623 g/mol. The van der Waals surface area contributed by atoms with Crippen LogP contribution in [0.1, 0.15) is 30.9 Å². The minimum atomic E-state index is -4.99. The van der Waals surface area contributed by atoms with E-state index in [0.717, 1.165) is 42.6 Å². The Bertz CT molecular complexity index is 1950. The lowest BCUT2D eigenvalue weighted by atomic mass is 9.92. The molecule has 3 aliphatic heterocycles. The first-order valence-corrected chi connectivity index (χ1v) is 16.2. The molecule has 1 aliphatic carbocycles. The fourth-order valence-corrected chi connectivity index (χ4v) is 8.18. The highest BCUT2D eigenvalue weighted by Gasteiger charge is 2.55.